The zero-order chi connectivity index (χ0) is 27.9. The number of anilines is 2. The first kappa shape index (κ1) is 27.2. The lowest BCUT2D eigenvalue weighted by atomic mass is 9.99. The highest BCUT2D eigenvalue weighted by Gasteiger charge is 2.22. The van der Waals surface area contributed by atoms with Crippen LogP contribution in [0.4, 0.5) is 11.5 Å². The molecule has 0 spiro atoms. The summed E-state index contributed by atoms with van der Waals surface area (Å²) in [5.74, 6) is 0.483. The summed E-state index contributed by atoms with van der Waals surface area (Å²) in [4.78, 5) is 25.6. The number of aliphatic hydroxyl groups is 1. The highest BCUT2D eigenvalue weighted by atomic mass is 32.1. The Morgan fingerprint density at radius 1 is 0.975 bits per heavy atom. The lowest BCUT2D eigenvalue weighted by molar-refractivity contribution is -0.111. The van der Waals surface area contributed by atoms with Gasteiger partial charge in [0.05, 0.1) is 18.0 Å². The van der Waals surface area contributed by atoms with Crippen molar-refractivity contribution in [2.24, 2.45) is 0 Å². The third kappa shape index (κ3) is 6.26. The van der Waals surface area contributed by atoms with Crippen molar-refractivity contribution >= 4 is 39.0 Å². The van der Waals surface area contributed by atoms with Gasteiger partial charge in [0.15, 0.2) is 0 Å². The summed E-state index contributed by atoms with van der Waals surface area (Å²) in [5.41, 5.74) is 4.68. The van der Waals surface area contributed by atoms with Crippen LogP contribution in [-0.4, -0.2) is 53.1 Å². The van der Waals surface area contributed by atoms with Gasteiger partial charge in [0.25, 0.3) is 0 Å². The van der Waals surface area contributed by atoms with Crippen LogP contribution in [0.1, 0.15) is 11.6 Å². The fraction of sp³-hybridized carbons (Fsp3) is 0.156. The van der Waals surface area contributed by atoms with E-state index in [1.807, 2.05) is 97.9 Å². The molecule has 0 aliphatic rings. The average Bonchev–Trinajstić information content (AvgIpc) is 3.37. The molecule has 0 bridgehead atoms. The number of hydrogen-bond donors (Lipinski definition) is 3. The minimum absolute atomic E-state index is 0.0854. The molecular weight excluding hydrogens is 518 g/mol. The van der Waals surface area contributed by atoms with E-state index < -0.39 is 0 Å². The third-order valence-corrected chi connectivity index (χ3v) is 7.53. The van der Waals surface area contributed by atoms with Crippen LogP contribution in [0.25, 0.3) is 31.8 Å². The summed E-state index contributed by atoms with van der Waals surface area (Å²) >= 11 is 1.58. The fourth-order valence-corrected chi connectivity index (χ4v) is 5.66. The molecule has 0 aliphatic heterocycles. The maximum absolute atomic E-state index is 12.5. The Balaban J connectivity index is 1.58. The summed E-state index contributed by atoms with van der Waals surface area (Å²) in [5, 5.41) is 17.6. The monoisotopic (exact) mass is 549 g/mol. The molecular formula is C32H31N5O2S. The Hall–Kier alpha value is -4.37. The van der Waals surface area contributed by atoms with Gasteiger partial charge >= 0.3 is 0 Å². The van der Waals surface area contributed by atoms with Gasteiger partial charge in [0, 0.05) is 28.7 Å². The molecule has 1 atom stereocenters. The van der Waals surface area contributed by atoms with Gasteiger partial charge < -0.3 is 20.6 Å². The van der Waals surface area contributed by atoms with Crippen LogP contribution in [0.15, 0.2) is 103 Å². The summed E-state index contributed by atoms with van der Waals surface area (Å²) in [6.07, 6.45) is 4.94. The van der Waals surface area contributed by atoms with Gasteiger partial charge in [0.1, 0.15) is 17.0 Å². The van der Waals surface area contributed by atoms with E-state index in [1.54, 1.807) is 23.7 Å². The summed E-state index contributed by atoms with van der Waals surface area (Å²) in [6, 6.07) is 27.5. The molecule has 5 aromatic rings. The standard InChI is InChI=1S/C32H31N5O2S/c1-37(2)18-10-17-27(39)35-25-16-9-15-24(19-25)30-28(23-13-7-4-8-14-23)29-31(33-21-34-32(29)40-30)36-26(20-38)22-11-5-3-6-12-22/h3-17,19,21,26,38H,18,20H2,1-2H3,(H,35,39)(H,33,34,36)/b17-10+/t26-/m1/s1. The minimum atomic E-state index is -0.328. The lowest BCUT2D eigenvalue weighted by Crippen LogP contribution is -2.15. The van der Waals surface area contributed by atoms with Crippen molar-refractivity contribution in [2.45, 2.75) is 6.04 Å². The number of fused-ring (bicyclic) bond motifs is 1. The molecule has 0 radical (unpaired) electrons. The number of nitrogens with zero attached hydrogens (tertiary/aromatic N) is 3. The van der Waals surface area contributed by atoms with Crippen LogP contribution in [0.5, 0.6) is 0 Å². The van der Waals surface area contributed by atoms with Crippen molar-refractivity contribution in [3.8, 4) is 21.6 Å². The Bertz CT molecular complexity index is 1620. The first-order valence-corrected chi connectivity index (χ1v) is 13.8. The van der Waals surface area contributed by atoms with Crippen LogP contribution >= 0.6 is 11.3 Å². The predicted octanol–water partition coefficient (Wildman–Crippen LogP) is 6.23. The molecule has 2 heterocycles. The maximum atomic E-state index is 12.5. The number of amides is 1. The molecule has 202 valence electrons. The smallest absolute Gasteiger partial charge is 0.248 e. The van der Waals surface area contributed by atoms with Gasteiger partial charge in [-0.3, -0.25) is 4.79 Å². The number of carbonyl (C=O) groups is 1. The SMILES string of the molecule is CN(C)C/C=C/C(=O)Nc1cccc(-c2sc3ncnc(N[C@H](CO)c4ccccc4)c3c2-c2ccccc2)c1. The highest BCUT2D eigenvalue weighted by Crippen LogP contribution is 2.46. The lowest BCUT2D eigenvalue weighted by Gasteiger charge is -2.18. The Morgan fingerprint density at radius 3 is 2.42 bits per heavy atom. The van der Waals surface area contributed by atoms with Crippen LogP contribution in [0.3, 0.4) is 0 Å². The van der Waals surface area contributed by atoms with Crippen molar-refractivity contribution in [1.29, 1.82) is 0 Å². The highest BCUT2D eigenvalue weighted by molar-refractivity contribution is 7.22. The molecule has 0 saturated carbocycles. The number of thiophene rings is 1. The van der Waals surface area contributed by atoms with E-state index in [1.165, 1.54) is 0 Å². The second-order valence-corrected chi connectivity index (χ2v) is 10.6. The molecule has 0 aliphatic carbocycles. The number of likely N-dealkylation sites (N-methyl/N-ethyl adjacent to an activating group) is 1. The van der Waals surface area contributed by atoms with Crippen molar-refractivity contribution in [3.05, 3.63) is 109 Å². The molecule has 5 rings (SSSR count). The number of hydrogen-bond acceptors (Lipinski definition) is 7. The van der Waals surface area contributed by atoms with E-state index >= 15 is 0 Å². The van der Waals surface area contributed by atoms with Gasteiger partial charge in [-0.1, -0.05) is 78.9 Å². The Morgan fingerprint density at radius 2 is 1.70 bits per heavy atom. The first-order chi connectivity index (χ1) is 19.5. The molecule has 3 aromatic carbocycles. The summed E-state index contributed by atoms with van der Waals surface area (Å²) in [6.45, 7) is 0.604. The predicted molar refractivity (Wildman–Crippen MR) is 165 cm³/mol. The number of aromatic nitrogens is 2. The van der Waals surface area contributed by atoms with E-state index in [0.29, 0.717) is 18.1 Å². The molecule has 2 aromatic heterocycles. The largest absolute Gasteiger partial charge is 0.394 e. The average molecular weight is 550 g/mol. The minimum Gasteiger partial charge on any atom is -0.394 e. The number of carbonyl (C=O) groups excluding carboxylic acids is 1. The van der Waals surface area contributed by atoms with Crippen LogP contribution in [0, 0.1) is 0 Å². The number of nitrogens with one attached hydrogen (secondary N) is 2. The Kier molecular flexibility index (Phi) is 8.61. The van der Waals surface area contributed by atoms with Gasteiger partial charge in [0.2, 0.25) is 5.91 Å². The van der Waals surface area contributed by atoms with Crippen molar-refractivity contribution in [2.75, 3.05) is 37.9 Å². The van der Waals surface area contributed by atoms with Crippen molar-refractivity contribution in [3.63, 3.8) is 0 Å². The summed E-state index contributed by atoms with van der Waals surface area (Å²) < 4.78 is 0. The Labute approximate surface area is 237 Å². The number of rotatable bonds is 10. The van der Waals surface area contributed by atoms with Gasteiger partial charge in [-0.15, -0.1) is 11.3 Å². The molecule has 0 saturated heterocycles. The number of aliphatic hydroxyl groups excluding tert-OH is 1. The second kappa shape index (κ2) is 12.7. The van der Waals surface area contributed by atoms with Crippen LogP contribution in [-0.2, 0) is 4.79 Å². The van der Waals surface area contributed by atoms with E-state index in [4.69, 9.17) is 0 Å². The van der Waals surface area contributed by atoms with Crippen molar-refractivity contribution in [1.82, 2.24) is 14.9 Å². The van der Waals surface area contributed by atoms with Crippen LogP contribution in [0.2, 0.25) is 0 Å². The second-order valence-electron chi connectivity index (χ2n) is 9.60. The molecule has 40 heavy (non-hydrogen) atoms. The van der Waals surface area contributed by atoms with Crippen LogP contribution < -0.4 is 10.6 Å². The maximum Gasteiger partial charge on any atom is 0.248 e. The normalized spacial score (nSPS) is 12.2. The van der Waals surface area contributed by atoms with E-state index in [9.17, 15) is 9.90 Å². The van der Waals surface area contributed by atoms with Crippen molar-refractivity contribution < 1.29 is 9.90 Å². The zero-order valence-electron chi connectivity index (χ0n) is 22.4. The molecule has 7 nitrogen and oxygen atoms in total. The molecule has 8 heteroatoms. The van der Waals surface area contributed by atoms with Gasteiger partial charge in [-0.2, -0.15) is 0 Å². The zero-order valence-corrected chi connectivity index (χ0v) is 23.2. The molecule has 3 N–H and O–H groups in total. The van der Waals surface area contributed by atoms with Gasteiger partial charge in [-0.25, -0.2) is 9.97 Å². The quantitative estimate of drug-likeness (QED) is 0.179. The topological polar surface area (TPSA) is 90.4 Å². The third-order valence-electron chi connectivity index (χ3n) is 6.38. The molecule has 1 amide bonds. The van der Waals surface area contributed by atoms with Gasteiger partial charge in [-0.05, 0) is 42.9 Å². The first-order valence-electron chi connectivity index (χ1n) is 13.0. The van der Waals surface area contributed by atoms with E-state index in [0.717, 1.165) is 37.3 Å². The van der Waals surface area contributed by atoms with E-state index in [2.05, 4.69) is 32.7 Å². The fourth-order valence-electron chi connectivity index (χ4n) is 4.50. The number of benzene rings is 3. The summed E-state index contributed by atoms with van der Waals surface area (Å²) in [7, 11) is 3.91. The van der Waals surface area contributed by atoms with E-state index in [-0.39, 0.29) is 18.6 Å². The molecule has 0 unspecified atom stereocenters. The molecule has 0 fully saturated rings.